The van der Waals surface area contributed by atoms with Gasteiger partial charge in [-0.05, 0) is 0 Å². The highest BCUT2D eigenvalue weighted by Gasteiger charge is 2.43. The van der Waals surface area contributed by atoms with Crippen LogP contribution in [-0.4, -0.2) is 45.9 Å². The SMILES string of the molecule is CN(Cc1nccn1C)C(=O)C1CC(F)(F)CN1.Cl. The number of rotatable bonds is 3. The summed E-state index contributed by atoms with van der Waals surface area (Å²) in [6, 6.07) is -0.801. The maximum absolute atomic E-state index is 13.0. The van der Waals surface area contributed by atoms with Gasteiger partial charge in [-0.15, -0.1) is 12.4 Å². The number of carbonyl (C=O) groups excluding carboxylic acids is 1. The summed E-state index contributed by atoms with van der Waals surface area (Å²) in [6.45, 7) is -0.119. The molecule has 0 aromatic carbocycles. The molecule has 1 aromatic heterocycles. The second kappa shape index (κ2) is 5.83. The number of alkyl halides is 2. The first kappa shape index (κ1) is 15.8. The third kappa shape index (κ3) is 3.63. The van der Waals surface area contributed by atoms with E-state index in [4.69, 9.17) is 0 Å². The molecule has 8 heteroatoms. The van der Waals surface area contributed by atoms with Gasteiger partial charge in [0, 0.05) is 32.9 Å². The van der Waals surface area contributed by atoms with Crippen molar-refractivity contribution < 1.29 is 13.6 Å². The minimum Gasteiger partial charge on any atom is -0.337 e. The Bertz CT molecular complexity index is 452. The van der Waals surface area contributed by atoms with Crippen molar-refractivity contribution in [1.29, 1.82) is 0 Å². The number of imidazole rings is 1. The van der Waals surface area contributed by atoms with E-state index in [0.29, 0.717) is 6.54 Å². The van der Waals surface area contributed by atoms with Gasteiger partial charge in [0.2, 0.25) is 5.91 Å². The fourth-order valence-corrected chi connectivity index (χ4v) is 2.00. The van der Waals surface area contributed by atoms with Crippen molar-refractivity contribution in [3.63, 3.8) is 0 Å². The van der Waals surface area contributed by atoms with Crippen LogP contribution >= 0.6 is 12.4 Å². The molecule has 1 fully saturated rings. The van der Waals surface area contributed by atoms with E-state index in [1.807, 2.05) is 7.05 Å². The van der Waals surface area contributed by atoms with Gasteiger partial charge in [-0.3, -0.25) is 10.1 Å². The molecule has 19 heavy (non-hydrogen) atoms. The number of amides is 1. The summed E-state index contributed by atoms with van der Waals surface area (Å²) in [5, 5.41) is 2.55. The second-order valence-electron chi connectivity index (χ2n) is 4.64. The van der Waals surface area contributed by atoms with Gasteiger partial charge in [-0.25, -0.2) is 13.8 Å². The molecule has 0 aliphatic carbocycles. The topological polar surface area (TPSA) is 50.2 Å². The number of halogens is 3. The van der Waals surface area contributed by atoms with Crippen LogP contribution in [0.25, 0.3) is 0 Å². The van der Waals surface area contributed by atoms with Gasteiger partial charge in [0.15, 0.2) is 0 Å². The lowest BCUT2D eigenvalue weighted by Gasteiger charge is -2.20. The molecule has 1 aliphatic heterocycles. The fourth-order valence-electron chi connectivity index (χ4n) is 2.00. The van der Waals surface area contributed by atoms with Crippen LogP contribution in [0.5, 0.6) is 0 Å². The number of hydrogen-bond donors (Lipinski definition) is 1. The predicted octanol–water partition coefficient (Wildman–Crippen LogP) is 0.797. The summed E-state index contributed by atoms with van der Waals surface area (Å²) < 4.78 is 27.8. The lowest BCUT2D eigenvalue weighted by Crippen LogP contribution is -2.41. The van der Waals surface area contributed by atoms with Crippen molar-refractivity contribution in [3.8, 4) is 0 Å². The normalized spacial score (nSPS) is 20.9. The molecule has 0 bridgehead atoms. The molecule has 1 unspecified atom stereocenters. The fraction of sp³-hybridized carbons (Fsp3) is 0.636. The second-order valence-corrected chi connectivity index (χ2v) is 4.64. The molecule has 0 spiro atoms. The van der Waals surface area contributed by atoms with Gasteiger partial charge in [-0.2, -0.15) is 0 Å². The summed E-state index contributed by atoms with van der Waals surface area (Å²) in [4.78, 5) is 17.5. The zero-order valence-electron chi connectivity index (χ0n) is 10.8. The molecular formula is C11H17ClF2N4O. The van der Waals surface area contributed by atoms with Gasteiger partial charge in [0.25, 0.3) is 5.92 Å². The quantitative estimate of drug-likeness (QED) is 0.897. The summed E-state index contributed by atoms with van der Waals surface area (Å²) in [5.74, 6) is -2.39. The monoisotopic (exact) mass is 294 g/mol. The lowest BCUT2D eigenvalue weighted by atomic mass is 10.1. The van der Waals surface area contributed by atoms with E-state index in [0.717, 1.165) is 5.82 Å². The average molecular weight is 295 g/mol. The summed E-state index contributed by atoms with van der Waals surface area (Å²) >= 11 is 0. The van der Waals surface area contributed by atoms with Crippen molar-refractivity contribution in [2.24, 2.45) is 7.05 Å². The number of aromatic nitrogens is 2. The summed E-state index contributed by atoms with van der Waals surface area (Å²) in [5.41, 5.74) is 0. The average Bonchev–Trinajstić information content (AvgIpc) is 2.84. The van der Waals surface area contributed by atoms with Gasteiger partial charge >= 0.3 is 0 Å². The van der Waals surface area contributed by atoms with Crippen molar-refractivity contribution in [2.75, 3.05) is 13.6 Å². The van der Waals surface area contributed by atoms with Gasteiger partial charge < -0.3 is 9.47 Å². The first-order chi connectivity index (χ1) is 8.39. The zero-order valence-corrected chi connectivity index (χ0v) is 11.6. The minimum atomic E-state index is -2.79. The van der Waals surface area contributed by atoms with E-state index in [1.165, 1.54) is 4.90 Å². The van der Waals surface area contributed by atoms with Crippen molar-refractivity contribution in [2.45, 2.75) is 24.9 Å². The van der Waals surface area contributed by atoms with Crippen LogP contribution in [0.2, 0.25) is 0 Å². The van der Waals surface area contributed by atoms with Crippen LogP contribution in [0.3, 0.4) is 0 Å². The number of hydrogen-bond acceptors (Lipinski definition) is 3. The first-order valence-electron chi connectivity index (χ1n) is 5.71. The molecule has 1 aromatic rings. The number of nitrogens with zero attached hydrogens (tertiary/aromatic N) is 3. The predicted molar refractivity (Wildman–Crippen MR) is 68.3 cm³/mol. The third-order valence-corrected chi connectivity index (χ3v) is 3.08. The van der Waals surface area contributed by atoms with E-state index < -0.39 is 24.9 Å². The Morgan fingerprint density at radius 2 is 2.37 bits per heavy atom. The van der Waals surface area contributed by atoms with Crippen molar-refractivity contribution >= 4 is 18.3 Å². The number of nitrogens with one attached hydrogen (secondary N) is 1. The highest BCUT2D eigenvalue weighted by molar-refractivity contribution is 5.85. The molecule has 1 atom stereocenters. The third-order valence-electron chi connectivity index (χ3n) is 3.08. The lowest BCUT2D eigenvalue weighted by molar-refractivity contribution is -0.133. The molecular weight excluding hydrogens is 278 g/mol. The molecule has 1 aliphatic rings. The number of aryl methyl sites for hydroxylation is 1. The van der Waals surface area contributed by atoms with Crippen molar-refractivity contribution in [1.82, 2.24) is 19.8 Å². The standard InChI is InChI=1S/C11H16F2N4O.ClH/c1-16-4-3-14-9(16)6-17(2)10(18)8-5-11(12,13)7-15-8;/h3-4,8,15H,5-7H2,1-2H3;1H. The van der Waals surface area contributed by atoms with Crippen LogP contribution in [0.1, 0.15) is 12.2 Å². The Kier molecular flexibility index (Phi) is 4.86. The van der Waals surface area contributed by atoms with E-state index >= 15 is 0 Å². The molecule has 1 saturated heterocycles. The number of carbonyl (C=O) groups is 1. The molecule has 1 amide bonds. The van der Waals surface area contributed by atoms with E-state index in [9.17, 15) is 13.6 Å². The minimum absolute atomic E-state index is 0. The van der Waals surface area contributed by atoms with Gasteiger partial charge in [0.05, 0.1) is 19.1 Å². The summed E-state index contributed by atoms with van der Waals surface area (Å²) in [7, 11) is 3.41. The van der Waals surface area contributed by atoms with Crippen molar-refractivity contribution in [3.05, 3.63) is 18.2 Å². The highest BCUT2D eigenvalue weighted by atomic mass is 35.5. The van der Waals surface area contributed by atoms with E-state index in [2.05, 4.69) is 10.3 Å². The number of likely N-dealkylation sites (N-methyl/N-ethyl adjacent to an activating group) is 1. The van der Waals surface area contributed by atoms with Gasteiger partial charge in [0.1, 0.15) is 5.82 Å². The Labute approximate surface area is 116 Å². The molecule has 5 nitrogen and oxygen atoms in total. The Morgan fingerprint density at radius 1 is 1.68 bits per heavy atom. The largest absolute Gasteiger partial charge is 0.337 e. The van der Waals surface area contributed by atoms with Crippen LogP contribution in [0.15, 0.2) is 12.4 Å². The van der Waals surface area contributed by atoms with Crippen LogP contribution < -0.4 is 5.32 Å². The Balaban J connectivity index is 0.00000180. The molecule has 2 rings (SSSR count). The molecule has 0 radical (unpaired) electrons. The van der Waals surface area contributed by atoms with E-state index in [1.54, 1.807) is 24.0 Å². The molecule has 2 heterocycles. The Hall–Kier alpha value is -1.21. The van der Waals surface area contributed by atoms with Crippen LogP contribution in [0.4, 0.5) is 8.78 Å². The molecule has 0 saturated carbocycles. The first-order valence-corrected chi connectivity index (χ1v) is 5.71. The maximum Gasteiger partial charge on any atom is 0.262 e. The maximum atomic E-state index is 13.0. The molecule has 108 valence electrons. The summed E-state index contributed by atoms with van der Waals surface area (Å²) in [6.07, 6.45) is 2.97. The Morgan fingerprint density at radius 3 is 2.84 bits per heavy atom. The van der Waals surface area contributed by atoms with Crippen LogP contribution in [0, 0.1) is 0 Å². The van der Waals surface area contributed by atoms with Crippen LogP contribution in [-0.2, 0) is 18.4 Å². The molecule has 1 N–H and O–H groups in total. The highest BCUT2D eigenvalue weighted by Crippen LogP contribution is 2.25. The van der Waals surface area contributed by atoms with E-state index in [-0.39, 0.29) is 18.3 Å². The van der Waals surface area contributed by atoms with Gasteiger partial charge in [-0.1, -0.05) is 0 Å². The zero-order chi connectivity index (χ0) is 13.3. The smallest absolute Gasteiger partial charge is 0.262 e.